The minimum atomic E-state index is -1.12. The highest BCUT2D eigenvalue weighted by Gasteiger charge is 2.63. The lowest BCUT2D eigenvalue weighted by atomic mass is 9.78. The highest BCUT2D eigenvalue weighted by molar-refractivity contribution is 5.91. The van der Waals surface area contributed by atoms with E-state index in [0.717, 1.165) is 0 Å². The standard InChI is InChI=1S/C10H16O5/c1-9-7(11)4-6(5-8(9)14-9)10(2,13-3)15-12/h6,8,12H,4-5H2,1-3H3/t6-,8?,9-,10?/m1/s1. The number of methoxy groups -OCH3 is 1. The smallest absolute Gasteiger partial charge is 0.201 e. The minimum Gasteiger partial charge on any atom is -0.358 e. The van der Waals surface area contributed by atoms with Crippen molar-refractivity contribution in [2.75, 3.05) is 7.11 Å². The second-order valence-electron chi connectivity index (χ2n) is 4.58. The van der Waals surface area contributed by atoms with Crippen molar-refractivity contribution in [3.05, 3.63) is 0 Å². The lowest BCUT2D eigenvalue weighted by Gasteiger charge is -2.34. The van der Waals surface area contributed by atoms with Gasteiger partial charge in [-0.15, -0.1) is 0 Å². The molecule has 1 heterocycles. The van der Waals surface area contributed by atoms with Gasteiger partial charge in [0.25, 0.3) is 0 Å². The average Bonchev–Trinajstić information content (AvgIpc) is 2.90. The fourth-order valence-corrected chi connectivity index (χ4v) is 2.23. The fourth-order valence-electron chi connectivity index (χ4n) is 2.23. The Hall–Kier alpha value is -0.490. The van der Waals surface area contributed by atoms with Crippen molar-refractivity contribution in [1.29, 1.82) is 0 Å². The molecule has 0 aromatic heterocycles. The molecule has 2 fully saturated rings. The number of rotatable bonds is 3. The molecule has 1 N–H and O–H groups in total. The molecular weight excluding hydrogens is 200 g/mol. The van der Waals surface area contributed by atoms with Gasteiger partial charge in [-0.3, -0.25) is 4.79 Å². The maximum absolute atomic E-state index is 11.7. The molecular formula is C10H16O5. The number of fused-ring (bicyclic) bond motifs is 1. The summed E-state index contributed by atoms with van der Waals surface area (Å²) in [7, 11) is 1.45. The topological polar surface area (TPSA) is 68.3 Å². The summed E-state index contributed by atoms with van der Waals surface area (Å²) in [5.74, 6) is -1.23. The summed E-state index contributed by atoms with van der Waals surface area (Å²) in [5.41, 5.74) is -0.583. The van der Waals surface area contributed by atoms with E-state index in [0.29, 0.717) is 12.8 Å². The van der Waals surface area contributed by atoms with Crippen LogP contribution in [-0.2, 0) is 19.2 Å². The van der Waals surface area contributed by atoms with Crippen molar-refractivity contribution in [2.45, 2.75) is 44.2 Å². The van der Waals surface area contributed by atoms with E-state index in [2.05, 4.69) is 4.89 Å². The normalized spacial score (nSPS) is 43.3. The SMILES string of the molecule is COC(C)(OO)[C@@H]1CC(=O)[C@@]2(C)OC2C1. The van der Waals surface area contributed by atoms with E-state index in [4.69, 9.17) is 14.7 Å². The van der Waals surface area contributed by atoms with Gasteiger partial charge in [0.2, 0.25) is 5.79 Å². The van der Waals surface area contributed by atoms with Gasteiger partial charge >= 0.3 is 0 Å². The van der Waals surface area contributed by atoms with E-state index in [1.165, 1.54) is 7.11 Å². The summed E-state index contributed by atoms with van der Waals surface area (Å²) >= 11 is 0. The molecule has 4 atom stereocenters. The van der Waals surface area contributed by atoms with Crippen LogP contribution in [0.25, 0.3) is 0 Å². The number of carbonyl (C=O) groups excluding carboxylic acids is 1. The summed E-state index contributed by atoms with van der Waals surface area (Å²) in [6.45, 7) is 3.43. The first kappa shape index (κ1) is 11.0. The molecule has 0 bridgehead atoms. The number of hydrogen-bond donors (Lipinski definition) is 1. The van der Waals surface area contributed by atoms with E-state index < -0.39 is 11.4 Å². The van der Waals surface area contributed by atoms with Crippen molar-refractivity contribution in [2.24, 2.45) is 5.92 Å². The van der Waals surface area contributed by atoms with Crippen LogP contribution in [0.2, 0.25) is 0 Å². The number of epoxide rings is 1. The van der Waals surface area contributed by atoms with Gasteiger partial charge < -0.3 is 9.47 Å². The maximum atomic E-state index is 11.7. The summed E-state index contributed by atoms with van der Waals surface area (Å²) < 4.78 is 10.4. The number of hydrogen-bond acceptors (Lipinski definition) is 5. The highest BCUT2D eigenvalue weighted by Crippen LogP contribution is 2.49. The van der Waals surface area contributed by atoms with Gasteiger partial charge in [-0.1, -0.05) is 0 Å². The van der Waals surface area contributed by atoms with Crippen molar-refractivity contribution in [3.8, 4) is 0 Å². The number of Topliss-reactive ketones (excluding diaryl/α,β-unsaturated/α-hetero) is 1. The largest absolute Gasteiger partial charge is 0.358 e. The van der Waals surface area contributed by atoms with Gasteiger partial charge in [0.1, 0.15) is 5.60 Å². The highest BCUT2D eigenvalue weighted by atomic mass is 17.1. The van der Waals surface area contributed by atoms with Gasteiger partial charge in [-0.25, -0.2) is 10.1 Å². The van der Waals surface area contributed by atoms with Crippen molar-refractivity contribution < 1.29 is 24.4 Å². The maximum Gasteiger partial charge on any atom is 0.201 e. The van der Waals surface area contributed by atoms with E-state index >= 15 is 0 Å². The Labute approximate surface area is 88.2 Å². The first-order valence-corrected chi connectivity index (χ1v) is 5.05. The van der Waals surface area contributed by atoms with Crippen LogP contribution in [0.5, 0.6) is 0 Å². The van der Waals surface area contributed by atoms with Gasteiger partial charge in [-0.2, -0.15) is 0 Å². The molecule has 0 amide bonds. The lowest BCUT2D eigenvalue weighted by molar-refractivity contribution is -0.409. The van der Waals surface area contributed by atoms with Crippen LogP contribution in [0.3, 0.4) is 0 Å². The third-order valence-corrected chi connectivity index (χ3v) is 3.76. The zero-order valence-corrected chi connectivity index (χ0v) is 9.15. The molecule has 86 valence electrons. The average molecular weight is 216 g/mol. The van der Waals surface area contributed by atoms with E-state index in [9.17, 15) is 4.79 Å². The summed E-state index contributed by atoms with van der Waals surface area (Å²) in [4.78, 5) is 16.1. The second kappa shape index (κ2) is 3.25. The van der Waals surface area contributed by atoms with Gasteiger partial charge in [0, 0.05) is 19.4 Å². The first-order valence-electron chi connectivity index (χ1n) is 5.05. The molecule has 5 nitrogen and oxygen atoms in total. The molecule has 0 aromatic carbocycles. The van der Waals surface area contributed by atoms with Crippen LogP contribution in [0.4, 0.5) is 0 Å². The molecule has 2 rings (SSSR count). The van der Waals surface area contributed by atoms with Crippen molar-refractivity contribution in [1.82, 2.24) is 0 Å². The summed E-state index contributed by atoms with van der Waals surface area (Å²) in [6.07, 6.45) is 0.943. The zero-order chi connectivity index (χ0) is 11.3. The molecule has 0 spiro atoms. The van der Waals surface area contributed by atoms with Crippen molar-refractivity contribution >= 4 is 5.78 Å². The van der Waals surface area contributed by atoms with Gasteiger partial charge in [-0.05, 0) is 20.3 Å². The molecule has 1 aliphatic carbocycles. The number of ether oxygens (including phenoxy) is 2. The van der Waals surface area contributed by atoms with Gasteiger partial charge in [0.05, 0.1) is 6.10 Å². The van der Waals surface area contributed by atoms with Gasteiger partial charge in [0.15, 0.2) is 5.78 Å². The van der Waals surface area contributed by atoms with Crippen LogP contribution < -0.4 is 0 Å². The molecule has 1 aliphatic heterocycles. The molecule has 1 saturated heterocycles. The molecule has 1 saturated carbocycles. The van der Waals surface area contributed by atoms with Crippen LogP contribution in [-0.4, -0.2) is 35.6 Å². The predicted octanol–water partition coefficient (Wildman–Crippen LogP) is 0.975. The fraction of sp³-hybridized carbons (Fsp3) is 0.900. The van der Waals surface area contributed by atoms with E-state index in [1.54, 1.807) is 13.8 Å². The van der Waals surface area contributed by atoms with E-state index in [1.807, 2.05) is 0 Å². The Morgan fingerprint density at radius 1 is 1.67 bits per heavy atom. The quantitative estimate of drug-likeness (QED) is 0.329. The Kier molecular flexibility index (Phi) is 2.38. The summed E-state index contributed by atoms with van der Waals surface area (Å²) in [6, 6.07) is 0. The van der Waals surface area contributed by atoms with E-state index in [-0.39, 0.29) is 17.8 Å². The number of ketones is 1. The Morgan fingerprint density at radius 3 is 2.80 bits per heavy atom. The molecule has 2 aliphatic rings. The number of carbonyl (C=O) groups is 1. The Bertz CT molecular complexity index is 286. The Morgan fingerprint density at radius 2 is 2.33 bits per heavy atom. The third kappa shape index (κ3) is 1.50. The molecule has 5 heteroatoms. The molecule has 15 heavy (non-hydrogen) atoms. The summed E-state index contributed by atoms with van der Waals surface area (Å²) in [5, 5.41) is 8.81. The van der Waals surface area contributed by atoms with Crippen LogP contribution in [0, 0.1) is 5.92 Å². The van der Waals surface area contributed by atoms with Crippen LogP contribution in [0.15, 0.2) is 0 Å². The predicted molar refractivity (Wildman–Crippen MR) is 50.1 cm³/mol. The first-order chi connectivity index (χ1) is 6.96. The minimum absolute atomic E-state index is 0.0478. The van der Waals surface area contributed by atoms with Crippen LogP contribution >= 0.6 is 0 Å². The lowest BCUT2D eigenvalue weighted by Crippen LogP contribution is -2.45. The van der Waals surface area contributed by atoms with Crippen molar-refractivity contribution in [3.63, 3.8) is 0 Å². The monoisotopic (exact) mass is 216 g/mol. The zero-order valence-electron chi connectivity index (χ0n) is 9.15. The second-order valence-corrected chi connectivity index (χ2v) is 4.58. The molecule has 0 aromatic rings. The molecule has 2 unspecified atom stereocenters. The third-order valence-electron chi connectivity index (χ3n) is 3.76. The molecule has 0 radical (unpaired) electrons. The van der Waals surface area contributed by atoms with Crippen LogP contribution in [0.1, 0.15) is 26.7 Å². The Balaban J connectivity index is 2.11.